The molecule has 4 nitrogen and oxygen atoms in total. The maximum atomic E-state index is 11.2. The molecular weight excluding hydrogens is 256 g/mol. The third-order valence-electron chi connectivity index (χ3n) is 3.41. The van der Waals surface area contributed by atoms with Gasteiger partial charge in [0.05, 0.1) is 19.1 Å². The van der Waals surface area contributed by atoms with Crippen LogP contribution in [0, 0.1) is 0 Å². The van der Waals surface area contributed by atoms with Crippen LogP contribution in [0.1, 0.15) is 37.7 Å². The summed E-state index contributed by atoms with van der Waals surface area (Å²) in [4.78, 5) is 11.2. The molecule has 0 bridgehead atoms. The highest BCUT2D eigenvalue weighted by atomic mass is 16.5. The molecule has 1 aromatic carbocycles. The van der Waals surface area contributed by atoms with Crippen molar-refractivity contribution >= 4 is 5.97 Å². The molecule has 1 aliphatic heterocycles. The Bertz CT molecular complexity index is 404. The fourth-order valence-corrected chi connectivity index (χ4v) is 2.38. The number of aliphatic hydroxyl groups excluding tert-OH is 1. The minimum atomic E-state index is -0.532. The number of ether oxygens (including phenoxy) is 2. The molecule has 1 aromatic rings. The van der Waals surface area contributed by atoms with Gasteiger partial charge in [0.15, 0.2) is 0 Å². The summed E-state index contributed by atoms with van der Waals surface area (Å²) in [5.74, 6) is -0.283. The van der Waals surface area contributed by atoms with Gasteiger partial charge >= 0.3 is 5.97 Å². The molecule has 0 aliphatic carbocycles. The van der Waals surface area contributed by atoms with Crippen LogP contribution in [0.4, 0.5) is 0 Å². The first-order chi connectivity index (χ1) is 9.74. The monoisotopic (exact) mass is 278 g/mol. The molecule has 1 aliphatic rings. The zero-order chi connectivity index (χ0) is 14.2. The SMILES string of the molecule is O=C1C[C@H](O)C[C@@H](CCCCOCc2ccccc2)O1. The molecule has 0 radical (unpaired) electrons. The second-order valence-electron chi connectivity index (χ2n) is 5.24. The molecular formula is C16H22O4. The van der Waals surface area contributed by atoms with E-state index in [0.717, 1.165) is 19.3 Å². The van der Waals surface area contributed by atoms with Crippen LogP contribution in [0.3, 0.4) is 0 Å². The molecule has 2 atom stereocenters. The van der Waals surface area contributed by atoms with Crippen molar-refractivity contribution in [3.05, 3.63) is 35.9 Å². The number of hydrogen-bond donors (Lipinski definition) is 1. The van der Waals surface area contributed by atoms with Crippen LogP contribution in [0.2, 0.25) is 0 Å². The van der Waals surface area contributed by atoms with Gasteiger partial charge < -0.3 is 14.6 Å². The zero-order valence-corrected chi connectivity index (χ0v) is 11.7. The summed E-state index contributed by atoms with van der Waals surface area (Å²) in [6.45, 7) is 1.34. The third kappa shape index (κ3) is 5.31. The highest BCUT2D eigenvalue weighted by Gasteiger charge is 2.26. The van der Waals surface area contributed by atoms with Crippen molar-refractivity contribution < 1.29 is 19.4 Å². The van der Waals surface area contributed by atoms with Gasteiger partial charge in [-0.25, -0.2) is 0 Å². The lowest BCUT2D eigenvalue weighted by Gasteiger charge is -2.25. The van der Waals surface area contributed by atoms with E-state index >= 15 is 0 Å². The van der Waals surface area contributed by atoms with Gasteiger partial charge in [0.25, 0.3) is 0 Å². The molecule has 0 spiro atoms. The van der Waals surface area contributed by atoms with Crippen LogP contribution in [0.5, 0.6) is 0 Å². The highest BCUT2D eigenvalue weighted by Crippen LogP contribution is 2.19. The summed E-state index contributed by atoms with van der Waals surface area (Å²) >= 11 is 0. The lowest BCUT2D eigenvalue weighted by atomic mass is 10.0. The van der Waals surface area contributed by atoms with Crippen molar-refractivity contribution in [1.29, 1.82) is 0 Å². The summed E-state index contributed by atoms with van der Waals surface area (Å²) in [6.07, 6.45) is 2.73. The molecule has 110 valence electrons. The first-order valence-electron chi connectivity index (χ1n) is 7.23. The van der Waals surface area contributed by atoms with Gasteiger partial charge in [-0.3, -0.25) is 4.79 Å². The molecule has 1 saturated heterocycles. The van der Waals surface area contributed by atoms with E-state index < -0.39 is 6.10 Å². The van der Waals surface area contributed by atoms with Gasteiger partial charge in [-0.15, -0.1) is 0 Å². The summed E-state index contributed by atoms with van der Waals surface area (Å²) in [5.41, 5.74) is 1.18. The van der Waals surface area contributed by atoms with Crippen molar-refractivity contribution in [3.63, 3.8) is 0 Å². The first-order valence-corrected chi connectivity index (χ1v) is 7.23. The number of carbonyl (C=O) groups excluding carboxylic acids is 1. The number of benzene rings is 1. The summed E-state index contributed by atoms with van der Waals surface area (Å²) in [5, 5.41) is 9.49. The molecule has 0 amide bonds. The number of unbranched alkanes of at least 4 members (excludes halogenated alkanes) is 1. The van der Waals surface area contributed by atoms with Gasteiger partial charge in [0.2, 0.25) is 0 Å². The van der Waals surface area contributed by atoms with E-state index in [1.165, 1.54) is 5.56 Å². The molecule has 0 unspecified atom stereocenters. The minimum Gasteiger partial charge on any atom is -0.462 e. The smallest absolute Gasteiger partial charge is 0.308 e. The van der Waals surface area contributed by atoms with E-state index in [0.29, 0.717) is 19.6 Å². The third-order valence-corrected chi connectivity index (χ3v) is 3.41. The highest BCUT2D eigenvalue weighted by molar-refractivity contribution is 5.70. The fraction of sp³-hybridized carbons (Fsp3) is 0.562. The lowest BCUT2D eigenvalue weighted by Crippen LogP contribution is -2.32. The number of esters is 1. The number of hydrogen-bond acceptors (Lipinski definition) is 4. The quantitative estimate of drug-likeness (QED) is 0.615. The van der Waals surface area contributed by atoms with Gasteiger partial charge in [-0.2, -0.15) is 0 Å². The predicted molar refractivity (Wildman–Crippen MR) is 75.1 cm³/mol. The van der Waals surface area contributed by atoms with Crippen molar-refractivity contribution in [3.8, 4) is 0 Å². The first kappa shape index (κ1) is 15.0. The van der Waals surface area contributed by atoms with Crippen LogP contribution in [0.15, 0.2) is 30.3 Å². The molecule has 1 heterocycles. The Morgan fingerprint density at radius 3 is 2.80 bits per heavy atom. The normalized spacial score (nSPS) is 22.6. The second-order valence-corrected chi connectivity index (χ2v) is 5.24. The van der Waals surface area contributed by atoms with Crippen molar-refractivity contribution in [2.24, 2.45) is 0 Å². The van der Waals surface area contributed by atoms with Gasteiger partial charge in [0.1, 0.15) is 6.10 Å². The van der Waals surface area contributed by atoms with Gasteiger partial charge in [-0.1, -0.05) is 30.3 Å². The Morgan fingerprint density at radius 2 is 2.05 bits per heavy atom. The summed E-state index contributed by atoms with van der Waals surface area (Å²) in [6, 6.07) is 10.1. The van der Waals surface area contributed by atoms with E-state index in [2.05, 4.69) is 0 Å². The zero-order valence-electron chi connectivity index (χ0n) is 11.7. The second kappa shape index (κ2) is 8.02. The Kier molecular flexibility index (Phi) is 6.02. The van der Waals surface area contributed by atoms with Crippen molar-refractivity contribution in [1.82, 2.24) is 0 Å². The Morgan fingerprint density at radius 1 is 1.25 bits per heavy atom. The van der Waals surface area contributed by atoms with Crippen LogP contribution < -0.4 is 0 Å². The van der Waals surface area contributed by atoms with Crippen LogP contribution in [-0.2, 0) is 20.9 Å². The van der Waals surface area contributed by atoms with E-state index in [1.807, 2.05) is 30.3 Å². The molecule has 0 aromatic heterocycles. The van der Waals surface area contributed by atoms with Crippen molar-refractivity contribution in [2.75, 3.05) is 6.61 Å². The predicted octanol–water partition coefficient (Wildman–Crippen LogP) is 2.44. The topological polar surface area (TPSA) is 55.8 Å². The maximum Gasteiger partial charge on any atom is 0.308 e. The number of carbonyl (C=O) groups is 1. The average molecular weight is 278 g/mol. The average Bonchev–Trinajstić information content (AvgIpc) is 2.43. The molecule has 0 saturated carbocycles. The standard InChI is InChI=1S/C16H22O4/c17-14-10-15(20-16(18)11-14)8-4-5-9-19-12-13-6-2-1-3-7-13/h1-3,6-7,14-15,17H,4-5,8-12H2/t14-,15-/m1/s1. The van der Waals surface area contributed by atoms with Crippen LogP contribution in [-0.4, -0.2) is 29.9 Å². The fourth-order valence-electron chi connectivity index (χ4n) is 2.38. The van der Waals surface area contributed by atoms with E-state index in [-0.39, 0.29) is 18.5 Å². The summed E-state index contributed by atoms with van der Waals surface area (Å²) in [7, 11) is 0. The van der Waals surface area contributed by atoms with Crippen LogP contribution >= 0.6 is 0 Å². The Hall–Kier alpha value is -1.39. The molecule has 2 rings (SSSR count). The molecule has 1 N–H and O–H groups in total. The van der Waals surface area contributed by atoms with E-state index in [9.17, 15) is 9.90 Å². The Balaban J connectivity index is 1.52. The Labute approximate surface area is 119 Å². The van der Waals surface area contributed by atoms with Crippen LogP contribution in [0.25, 0.3) is 0 Å². The largest absolute Gasteiger partial charge is 0.462 e. The lowest BCUT2D eigenvalue weighted by molar-refractivity contribution is -0.160. The molecule has 4 heteroatoms. The van der Waals surface area contributed by atoms with Crippen molar-refractivity contribution in [2.45, 2.75) is 50.9 Å². The molecule has 20 heavy (non-hydrogen) atoms. The minimum absolute atomic E-state index is 0.125. The number of cyclic esters (lactones) is 1. The van der Waals surface area contributed by atoms with E-state index in [4.69, 9.17) is 9.47 Å². The summed E-state index contributed by atoms with van der Waals surface area (Å²) < 4.78 is 10.8. The van der Waals surface area contributed by atoms with Gasteiger partial charge in [0, 0.05) is 13.0 Å². The number of rotatable bonds is 7. The molecule has 1 fully saturated rings. The van der Waals surface area contributed by atoms with E-state index in [1.54, 1.807) is 0 Å². The number of aliphatic hydroxyl groups is 1. The maximum absolute atomic E-state index is 11.2. The van der Waals surface area contributed by atoms with Gasteiger partial charge in [-0.05, 0) is 24.8 Å².